The van der Waals surface area contributed by atoms with Gasteiger partial charge in [0.25, 0.3) is 5.91 Å². The number of carbonyl (C=O) groups is 1. The van der Waals surface area contributed by atoms with E-state index in [1.54, 1.807) is 48.1 Å². The molecular weight excluding hydrogens is 405 g/mol. The number of nitrogens with zero attached hydrogens (tertiary/aromatic N) is 3. The van der Waals surface area contributed by atoms with E-state index < -0.39 is 17.9 Å². The summed E-state index contributed by atoms with van der Waals surface area (Å²) in [5.74, 6) is -5.07. The summed E-state index contributed by atoms with van der Waals surface area (Å²) in [5.41, 5.74) is 1.30. The fourth-order valence-corrected chi connectivity index (χ4v) is 2.53. The predicted octanol–water partition coefficient (Wildman–Crippen LogP) is 4.55. The Morgan fingerprint density at radius 2 is 2.03 bits per heavy atom. The zero-order chi connectivity index (χ0) is 21.6. The molecule has 3 aromatic rings. The lowest BCUT2D eigenvalue weighted by atomic mass is 10.2. The average Bonchev–Trinajstić information content (AvgIpc) is 3.05. The molecule has 0 aliphatic heterocycles. The number of fused-ring (bicyclic) bond motifs is 1. The summed E-state index contributed by atoms with van der Waals surface area (Å²) in [6.45, 7) is 2.44. The molecule has 29 heavy (non-hydrogen) atoms. The van der Waals surface area contributed by atoms with Crippen LogP contribution in [0.1, 0.15) is 19.4 Å². The molecule has 1 heterocycles. The van der Waals surface area contributed by atoms with Crippen molar-refractivity contribution in [2.45, 2.75) is 32.4 Å². The van der Waals surface area contributed by atoms with Gasteiger partial charge in [0, 0.05) is 18.4 Å². The lowest BCUT2D eigenvalue weighted by Gasteiger charge is -2.17. The van der Waals surface area contributed by atoms with E-state index >= 15 is 0 Å². The van der Waals surface area contributed by atoms with Crippen molar-refractivity contribution < 1.29 is 18.0 Å². The van der Waals surface area contributed by atoms with Crippen molar-refractivity contribution in [2.75, 3.05) is 0 Å². The van der Waals surface area contributed by atoms with Gasteiger partial charge in [-0.15, -0.1) is 0 Å². The minimum absolute atomic E-state index is 0.174. The fraction of sp³-hybridized carbons (Fsp3) is 0.250. The van der Waals surface area contributed by atoms with Crippen LogP contribution in [-0.2, 0) is 11.3 Å². The highest BCUT2D eigenvalue weighted by Crippen LogP contribution is 2.16. The lowest BCUT2D eigenvalue weighted by Crippen LogP contribution is -2.44. The van der Waals surface area contributed by atoms with Gasteiger partial charge >= 0.3 is 5.92 Å². The van der Waals surface area contributed by atoms with E-state index in [1.165, 1.54) is 12.1 Å². The largest absolute Gasteiger partial charge is 0.347 e. The standard InChI is InChI=1S/C14H14F2N4O.C6H4ClF/c1-9(19-13(21)14(2,15)16)8-20-12-4-3-10(6-17)5-11(12)7-18-20;7-5-3-1-2-4-6(5)8/h3-5,7,9H,8H2,1-2H3,(H,19,21);1-4H. The van der Waals surface area contributed by atoms with Crippen molar-refractivity contribution in [3.05, 3.63) is 65.1 Å². The smallest absolute Gasteiger partial charge is 0.321 e. The Morgan fingerprint density at radius 3 is 2.59 bits per heavy atom. The number of hydrogen-bond acceptors (Lipinski definition) is 3. The molecule has 0 radical (unpaired) electrons. The first-order valence-electron chi connectivity index (χ1n) is 8.56. The monoisotopic (exact) mass is 422 g/mol. The number of nitriles is 1. The van der Waals surface area contributed by atoms with Gasteiger partial charge in [0.2, 0.25) is 0 Å². The normalized spacial score (nSPS) is 11.9. The molecule has 0 aliphatic carbocycles. The summed E-state index contributed by atoms with van der Waals surface area (Å²) in [7, 11) is 0. The van der Waals surface area contributed by atoms with E-state index in [1.807, 2.05) is 6.07 Å². The van der Waals surface area contributed by atoms with Crippen LogP contribution in [0.2, 0.25) is 5.02 Å². The molecule has 0 spiro atoms. The van der Waals surface area contributed by atoms with Gasteiger partial charge in [0.1, 0.15) is 5.82 Å². The molecule has 1 unspecified atom stereocenters. The number of rotatable bonds is 4. The first-order valence-corrected chi connectivity index (χ1v) is 8.94. The average molecular weight is 423 g/mol. The Labute approximate surface area is 170 Å². The molecule has 0 aliphatic rings. The third-order valence-corrected chi connectivity index (χ3v) is 4.12. The van der Waals surface area contributed by atoms with Crippen LogP contribution < -0.4 is 5.32 Å². The predicted molar refractivity (Wildman–Crippen MR) is 104 cm³/mol. The zero-order valence-electron chi connectivity index (χ0n) is 15.7. The number of hydrogen-bond donors (Lipinski definition) is 1. The van der Waals surface area contributed by atoms with Crippen molar-refractivity contribution in [3.63, 3.8) is 0 Å². The van der Waals surface area contributed by atoms with E-state index in [2.05, 4.69) is 10.4 Å². The molecule has 2 aromatic carbocycles. The Balaban J connectivity index is 0.000000313. The molecular formula is C20H18ClF3N4O. The van der Waals surface area contributed by atoms with Gasteiger partial charge in [-0.2, -0.15) is 19.1 Å². The van der Waals surface area contributed by atoms with Gasteiger partial charge < -0.3 is 5.32 Å². The topological polar surface area (TPSA) is 70.7 Å². The van der Waals surface area contributed by atoms with Crippen LogP contribution in [0.5, 0.6) is 0 Å². The van der Waals surface area contributed by atoms with Crippen molar-refractivity contribution >= 4 is 28.4 Å². The van der Waals surface area contributed by atoms with E-state index in [0.717, 1.165) is 10.9 Å². The summed E-state index contributed by atoms with van der Waals surface area (Å²) in [6, 6.07) is 12.7. The second-order valence-electron chi connectivity index (χ2n) is 6.39. The summed E-state index contributed by atoms with van der Waals surface area (Å²) in [4.78, 5) is 11.2. The molecule has 0 bridgehead atoms. The van der Waals surface area contributed by atoms with Crippen molar-refractivity contribution in [2.24, 2.45) is 0 Å². The van der Waals surface area contributed by atoms with Crippen LogP contribution in [0.3, 0.4) is 0 Å². The van der Waals surface area contributed by atoms with Gasteiger partial charge in [-0.1, -0.05) is 23.7 Å². The van der Waals surface area contributed by atoms with Crippen molar-refractivity contribution in [3.8, 4) is 6.07 Å². The molecule has 1 N–H and O–H groups in total. The number of amides is 1. The van der Waals surface area contributed by atoms with E-state index in [-0.39, 0.29) is 17.4 Å². The minimum Gasteiger partial charge on any atom is -0.347 e. The Bertz CT molecular complexity index is 1020. The van der Waals surface area contributed by atoms with E-state index in [0.29, 0.717) is 12.5 Å². The maximum atomic E-state index is 12.8. The van der Waals surface area contributed by atoms with Gasteiger partial charge in [0.15, 0.2) is 0 Å². The van der Waals surface area contributed by atoms with Gasteiger partial charge in [-0.3, -0.25) is 9.48 Å². The Hall–Kier alpha value is -3.05. The number of aromatic nitrogens is 2. The van der Waals surface area contributed by atoms with Crippen molar-refractivity contribution in [1.29, 1.82) is 5.26 Å². The van der Waals surface area contributed by atoms with Gasteiger partial charge in [-0.25, -0.2) is 4.39 Å². The minimum atomic E-state index is -3.40. The number of benzene rings is 2. The third kappa shape index (κ3) is 6.22. The fourth-order valence-electron chi connectivity index (χ4n) is 2.40. The van der Waals surface area contributed by atoms with E-state index in [4.69, 9.17) is 16.9 Å². The second kappa shape index (κ2) is 9.43. The molecule has 0 fully saturated rings. The quantitative estimate of drug-likeness (QED) is 0.670. The van der Waals surface area contributed by atoms with Gasteiger partial charge in [0.05, 0.1) is 34.9 Å². The molecule has 3 rings (SSSR count). The molecule has 5 nitrogen and oxygen atoms in total. The molecule has 152 valence electrons. The second-order valence-corrected chi connectivity index (χ2v) is 6.80. The molecule has 1 amide bonds. The van der Waals surface area contributed by atoms with E-state index in [9.17, 15) is 18.0 Å². The summed E-state index contributed by atoms with van der Waals surface area (Å²) in [6.07, 6.45) is 1.60. The first-order chi connectivity index (χ1) is 13.6. The molecule has 1 aromatic heterocycles. The molecule has 9 heteroatoms. The zero-order valence-corrected chi connectivity index (χ0v) is 16.4. The van der Waals surface area contributed by atoms with Crippen LogP contribution in [0.15, 0.2) is 48.7 Å². The summed E-state index contributed by atoms with van der Waals surface area (Å²) in [5, 5.41) is 16.2. The molecule has 1 atom stereocenters. The summed E-state index contributed by atoms with van der Waals surface area (Å²) >= 11 is 5.33. The highest BCUT2D eigenvalue weighted by molar-refractivity contribution is 6.30. The van der Waals surface area contributed by atoms with Crippen LogP contribution in [-0.4, -0.2) is 27.7 Å². The Morgan fingerprint density at radius 1 is 1.34 bits per heavy atom. The van der Waals surface area contributed by atoms with Crippen LogP contribution in [0.4, 0.5) is 13.2 Å². The highest BCUT2D eigenvalue weighted by Gasteiger charge is 2.32. The SMILES string of the molecule is CC(Cn1ncc2cc(C#N)ccc21)NC(=O)C(C)(F)F.Fc1ccccc1Cl. The maximum absolute atomic E-state index is 12.8. The number of alkyl halides is 2. The molecule has 0 saturated carbocycles. The summed E-state index contributed by atoms with van der Waals surface area (Å²) < 4.78 is 39.4. The number of nitrogens with one attached hydrogen (secondary N) is 1. The third-order valence-electron chi connectivity index (χ3n) is 3.82. The van der Waals surface area contributed by atoms with Crippen molar-refractivity contribution in [1.82, 2.24) is 15.1 Å². The number of carbonyl (C=O) groups excluding carboxylic acids is 1. The van der Waals surface area contributed by atoms with Gasteiger partial charge in [-0.05, 0) is 37.3 Å². The van der Waals surface area contributed by atoms with Crippen LogP contribution in [0, 0.1) is 17.1 Å². The Kier molecular flexibility index (Phi) is 7.23. The molecule has 0 saturated heterocycles. The van der Waals surface area contributed by atoms with Crippen LogP contribution in [0.25, 0.3) is 10.9 Å². The number of halogens is 4. The van der Waals surface area contributed by atoms with Crippen LogP contribution >= 0.6 is 11.6 Å². The first kappa shape index (κ1) is 22.2. The maximum Gasteiger partial charge on any atom is 0.321 e. The highest BCUT2D eigenvalue weighted by atomic mass is 35.5. The lowest BCUT2D eigenvalue weighted by molar-refractivity contribution is -0.143.